The minimum absolute atomic E-state index is 0.394. The number of thioether (sulfide) groups is 1. The number of carboxylic acids is 2. The van der Waals surface area contributed by atoms with E-state index in [-0.39, 0.29) is 0 Å². The third kappa shape index (κ3) is 10.9. The summed E-state index contributed by atoms with van der Waals surface area (Å²) in [4.78, 5) is 22.1. The van der Waals surface area contributed by atoms with Crippen LogP contribution in [0.5, 0.6) is 0 Å². The van der Waals surface area contributed by atoms with E-state index in [2.05, 4.69) is 24.0 Å². The number of aliphatic carboxylic acids is 2. The number of hydrogen-bond donors (Lipinski definition) is 2. The summed E-state index contributed by atoms with van der Waals surface area (Å²) in [5.41, 5.74) is 0. The number of carbonyl (C=O) groups is 2. The molecule has 0 aromatic heterocycles. The van der Waals surface area contributed by atoms with Crippen molar-refractivity contribution in [2.75, 3.05) is 32.5 Å². The van der Waals surface area contributed by atoms with Gasteiger partial charge in [-0.05, 0) is 62.2 Å². The summed E-state index contributed by atoms with van der Waals surface area (Å²) in [6.45, 7) is 5.84. The van der Waals surface area contributed by atoms with Gasteiger partial charge in [0.25, 0.3) is 0 Å². The first-order chi connectivity index (χ1) is 13.9. The second-order valence-electron chi connectivity index (χ2n) is 7.04. The number of nitrogens with zero attached hydrogens (tertiary/aromatic N) is 1. The smallest absolute Gasteiger partial charge is 0.414 e. The summed E-state index contributed by atoms with van der Waals surface area (Å²) < 4.78 is 5.79. The molecule has 2 N–H and O–H groups in total. The minimum atomic E-state index is -1.82. The number of rotatable bonds is 9. The molecule has 1 saturated heterocycles. The van der Waals surface area contributed by atoms with Crippen molar-refractivity contribution in [1.82, 2.24) is 4.90 Å². The predicted molar refractivity (Wildman–Crippen MR) is 117 cm³/mol. The normalized spacial score (nSPS) is 19.3. The maximum atomic E-state index is 9.10. The number of hydrogen-bond acceptors (Lipinski definition) is 5. The summed E-state index contributed by atoms with van der Waals surface area (Å²) in [6.07, 6.45) is 6.84. The van der Waals surface area contributed by atoms with Crippen molar-refractivity contribution in [2.45, 2.75) is 50.0 Å². The molecule has 0 bridgehead atoms. The van der Waals surface area contributed by atoms with Crippen molar-refractivity contribution < 1.29 is 24.5 Å². The Hall–Kier alpha value is -1.28. The monoisotopic (exact) mass is 445 g/mol. The number of likely N-dealkylation sites (tertiary alicyclic amines) is 1. The third-order valence-corrected chi connectivity index (χ3v) is 6.16. The van der Waals surface area contributed by atoms with Crippen LogP contribution in [0.25, 0.3) is 0 Å². The molecule has 6 nitrogen and oxygen atoms in total. The van der Waals surface area contributed by atoms with E-state index in [0.717, 1.165) is 17.3 Å². The number of piperidine rings is 1. The van der Waals surface area contributed by atoms with Crippen LogP contribution >= 0.6 is 23.4 Å². The Balaban J connectivity index is 0.000000612. The Morgan fingerprint density at radius 2 is 2.00 bits per heavy atom. The van der Waals surface area contributed by atoms with Gasteiger partial charge in [0.2, 0.25) is 0 Å². The number of unbranched alkanes of at least 4 members (excludes halogenated alkanes) is 2. The van der Waals surface area contributed by atoms with Gasteiger partial charge in [-0.3, -0.25) is 0 Å². The van der Waals surface area contributed by atoms with Crippen LogP contribution in [0.4, 0.5) is 0 Å². The number of benzene rings is 1. The van der Waals surface area contributed by atoms with Gasteiger partial charge in [0, 0.05) is 23.6 Å². The van der Waals surface area contributed by atoms with E-state index in [1.165, 1.54) is 50.1 Å². The second-order valence-corrected chi connectivity index (χ2v) is 8.64. The number of carboxylic acid groups (broad SMARTS) is 2. The number of methoxy groups -OCH3 is 1. The van der Waals surface area contributed by atoms with Crippen LogP contribution < -0.4 is 0 Å². The standard InChI is InChI=1S/C19H30ClNOS.C2H2O4/c1-3-4-5-11-21-12-9-16(19(15-21)22-2)10-13-23-18-8-6-7-17(20)14-18;3-1(4)2(5)6/h6-8,14,16,19H,3-5,9-13,15H2,1-2H3;(H,3,4)(H,5,6)/t16-,19-;/m1./s1. The molecule has 0 radical (unpaired) electrons. The Labute approximate surface area is 182 Å². The summed E-state index contributed by atoms with van der Waals surface area (Å²) in [7, 11) is 1.87. The second kappa shape index (κ2) is 14.7. The lowest BCUT2D eigenvalue weighted by atomic mass is 9.91. The van der Waals surface area contributed by atoms with Gasteiger partial charge in [-0.2, -0.15) is 0 Å². The largest absolute Gasteiger partial charge is 0.473 e. The molecule has 2 atom stereocenters. The Morgan fingerprint density at radius 1 is 1.28 bits per heavy atom. The molecule has 1 aliphatic rings. The van der Waals surface area contributed by atoms with E-state index in [1.54, 1.807) is 0 Å². The molecule has 8 heteroatoms. The molecule has 164 valence electrons. The van der Waals surface area contributed by atoms with Crippen LogP contribution in [0.15, 0.2) is 29.2 Å². The van der Waals surface area contributed by atoms with Gasteiger partial charge in [-0.15, -0.1) is 11.8 Å². The van der Waals surface area contributed by atoms with Crippen LogP contribution in [0.2, 0.25) is 5.02 Å². The number of ether oxygens (including phenoxy) is 1. The maximum absolute atomic E-state index is 9.10. The molecule has 0 aliphatic carbocycles. The lowest BCUT2D eigenvalue weighted by molar-refractivity contribution is -0.159. The Morgan fingerprint density at radius 3 is 2.59 bits per heavy atom. The molecule has 0 unspecified atom stereocenters. The van der Waals surface area contributed by atoms with E-state index in [9.17, 15) is 0 Å². The highest BCUT2D eigenvalue weighted by atomic mass is 35.5. The lowest BCUT2D eigenvalue weighted by Crippen LogP contribution is -2.45. The van der Waals surface area contributed by atoms with E-state index >= 15 is 0 Å². The van der Waals surface area contributed by atoms with Crippen molar-refractivity contribution in [3.8, 4) is 0 Å². The maximum Gasteiger partial charge on any atom is 0.414 e. The highest BCUT2D eigenvalue weighted by Crippen LogP contribution is 2.28. The molecule has 0 saturated carbocycles. The molecule has 1 heterocycles. The average Bonchev–Trinajstić information content (AvgIpc) is 2.69. The fourth-order valence-corrected chi connectivity index (χ4v) is 4.60. The molecule has 1 fully saturated rings. The van der Waals surface area contributed by atoms with Gasteiger partial charge < -0.3 is 19.8 Å². The van der Waals surface area contributed by atoms with Crippen LogP contribution in [0.1, 0.15) is 39.0 Å². The Kier molecular flexibility index (Phi) is 13.0. The van der Waals surface area contributed by atoms with E-state index in [1.807, 2.05) is 31.0 Å². The molecule has 29 heavy (non-hydrogen) atoms. The molecular weight excluding hydrogens is 414 g/mol. The zero-order valence-corrected chi connectivity index (χ0v) is 18.8. The zero-order valence-electron chi connectivity index (χ0n) is 17.2. The van der Waals surface area contributed by atoms with E-state index in [0.29, 0.717) is 12.0 Å². The Bertz CT molecular complexity index is 619. The topological polar surface area (TPSA) is 87.1 Å². The average molecular weight is 446 g/mol. The van der Waals surface area contributed by atoms with Gasteiger partial charge in [-0.1, -0.05) is 37.4 Å². The molecule has 1 aromatic carbocycles. The molecule has 1 aliphatic heterocycles. The van der Waals surface area contributed by atoms with Gasteiger partial charge in [0.05, 0.1) is 6.10 Å². The van der Waals surface area contributed by atoms with Gasteiger partial charge in [0.1, 0.15) is 0 Å². The molecule has 1 aromatic rings. The summed E-state index contributed by atoms with van der Waals surface area (Å²) in [5.74, 6) is -1.82. The SMILES string of the molecule is CCCCCN1CC[C@H](CCSc2cccc(Cl)c2)[C@H](OC)C1.O=C(O)C(=O)O. The summed E-state index contributed by atoms with van der Waals surface area (Å²) in [6, 6.07) is 8.15. The molecule has 0 spiro atoms. The van der Waals surface area contributed by atoms with Crippen molar-refractivity contribution >= 4 is 35.3 Å². The quantitative estimate of drug-likeness (QED) is 0.328. The van der Waals surface area contributed by atoms with Gasteiger partial charge in [0.15, 0.2) is 0 Å². The predicted octanol–water partition coefficient (Wildman–Crippen LogP) is 4.50. The fourth-order valence-electron chi connectivity index (χ4n) is 3.30. The van der Waals surface area contributed by atoms with Gasteiger partial charge >= 0.3 is 11.9 Å². The third-order valence-electron chi connectivity index (χ3n) is 4.90. The number of halogens is 1. The van der Waals surface area contributed by atoms with Crippen molar-refractivity contribution in [2.24, 2.45) is 5.92 Å². The lowest BCUT2D eigenvalue weighted by Gasteiger charge is -2.38. The van der Waals surface area contributed by atoms with Crippen LogP contribution in [-0.2, 0) is 14.3 Å². The van der Waals surface area contributed by atoms with Crippen molar-refractivity contribution in [3.05, 3.63) is 29.3 Å². The van der Waals surface area contributed by atoms with Crippen LogP contribution in [-0.4, -0.2) is 65.7 Å². The van der Waals surface area contributed by atoms with Crippen LogP contribution in [0, 0.1) is 5.92 Å². The van der Waals surface area contributed by atoms with E-state index < -0.39 is 11.9 Å². The van der Waals surface area contributed by atoms with E-state index in [4.69, 9.17) is 36.1 Å². The first kappa shape index (κ1) is 25.8. The molecule has 2 rings (SSSR count). The zero-order chi connectivity index (χ0) is 21.6. The highest BCUT2D eigenvalue weighted by Gasteiger charge is 2.28. The minimum Gasteiger partial charge on any atom is -0.473 e. The summed E-state index contributed by atoms with van der Waals surface area (Å²) in [5, 5.41) is 15.6. The highest BCUT2D eigenvalue weighted by molar-refractivity contribution is 7.99. The van der Waals surface area contributed by atoms with Crippen molar-refractivity contribution in [1.29, 1.82) is 0 Å². The first-order valence-electron chi connectivity index (χ1n) is 9.97. The van der Waals surface area contributed by atoms with Gasteiger partial charge in [-0.25, -0.2) is 9.59 Å². The van der Waals surface area contributed by atoms with Crippen molar-refractivity contribution in [3.63, 3.8) is 0 Å². The van der Waals surface area contributed by atoms with Crippen LogP contribution in [0.3, 0.4) is 0 Å². The molecule has 0 amide bonds. The molecular formula is C21H32ClNO5S. The summed E-state index contributed by atoms with van der Waals surface area (Å²) >= 11 is 7.95. The fraction of sp³-hybridized carbons (Fsp3) is 0.619. The first-order valence-corrected chi connectivity index (χ1v) is 11.3.